The van der Waals surface area contributed by atoms with E-state index in [0.29, 0.717) is 11.0 Å². The van der Waals surface area contributed by atoms with E-state index in [9.17, 15) is 0 Å². The van der Waals surface area contributed by atoms with Crippen molar-refractivity contribution in [2.75, 3.05) is 6.26 Å². The quantitative estimate of drug-likeness (QED) is 0.324. The van der Waals surface area contributed by atoms with Gasteiger partial charge in [-0.3, -0.25) is 4.40 Å². The number of imidazole rings is 1. The summed E-state index contributed by atoms with van der Waals surface area (Å²) in [5, 5.41) is 1.23. The molecular weight excluding hydrogens is 406 g/mol. The third kappa shape index (κ3) is 3.79. The smallest absolute Gasteiger partial charge is 0.234 e. The molecule has 0 aliphatic carbocycles. The third-order valence-corrected chi connectivity index (χ3v) is 6.58. The zero-order valence-electron chi connectivity index (χ0n) is 15.9. The minimum atomic E-state index is 0.480. The van der Waals surface area contributed by atoms with Gasteiger partial charge in [0.2, 0.25) is 5.78 Å². The molecule has 2 aromatic heterocycles. The van der Waals surface area contributed by atoms with E-state index in [1.54, 1.807) is 29.7 Å². The van der Waals surface area contributed by atoms with Crippen molar-refractivity contribution < 1.29 is 0 Å². The van der Waals surface area contributed by atoms with Gasteiger partial charge in [0, 0.05) is 38.6 Å². The van der Waals surface area contributed by atoms with Crippen LogP contribution in [-0.2, 0) is 0 Å². The van der Waals surface area contributed by atoms with Gasteiger partial charge < -0.3 is 0 Å². The Bertz CT molecular complexity index is 1120. The molecule has 0 spiro atoms. The highest BCUT2D eigenvalue weighted by molar-refractivity contribution is 8.00. The van der Waals surface area contributed by atoms with E-state index in [0.717, 1.165) is 32.4 Å². The minimum absolute atomic E-state index is 0.480. The molecule has 0 atom stereocenters. The zero-order valence-corrected chi connectivity index (χ0v) is 18.3. The standard InChI is InChI=1S/C22H20ClN3S2/c1-14(2)28-19-10-7-16(13-18(19)23)20-21(15-5-8-17(27-3)9-6-15)26-12-4-11-24-22(26)25-20/h4-14H,1-3H3. The van der Waals surface area contributed by atoms with Crippen LogP contribution in [0, 0.1) is 0 Å². The SMILES string of the molecule is CSc1ccc(-c2c(-c3ccc(SC(C)C)c(Cl)c3)nc3ncccn23)cc1. The molecule has 28 heavy (non-hydrogen) atoms. The molecule has 0 fully saturated rings. The molecule has 2 heterocycles. The van der Waals surface area contributed by atoms with Gasteiger partial charge in [0.05, 0.1) is 16.4 Å². The van der Waals surface area contributed by atoms with E-state index < -0.39 is 0 Å². The monoisotopic (exact) mass is 425 g/mol. The van der Waals surface area contributed by atoms with Crippen molar-refractivity contribution in [1.29, 1.82) is 0 Å². The molecule has 3 nitrogen and oxygen atoms in total. The molecule has 4 aromatic rings. The summed E-state index contributed by atoms with van der Waals surface area (Å²) in [5.74, 6) is 0.679. The molecule has 0 aliphatic heterocycles. The second-order valence-corrected chi connectivity index (χ2v) is 9.54. The molecule has 0 radical (unpaired) electrons. The van der Waals surface area contributed by atoms with Gasteiger partial charge >= 0.3 is 0 Å². The van der Waals surface area contributed by atoms with Crippen LogP contribution in [0.3, 0.4) is 0 Å². The van der Waals surface area contributed by atoms with Gasteiger partial charge in [0.15, 0.2) is 0 Å². The van der Waals surface area contributed by atoms with Crippen LogP contribution in [0.2, 0.25) is 5.02 Å². The molecule has 0 unspecified atom stereocenters. The zero-order chi connectivity index (χ0) is 19.7. The summed E-state index contributed by atoms with van der Waals surface area (Å²) in [6, 6.07) is 16.6. The highest BCUT2D eigenvalue weighted by Gasteiger charge is 2.17. The molecule has 6 heteroatoms. The Kier molecular flexibility index (Phi) is 5.67. The fourth-order valence-corrected chi connectivity index (χ4v) is 4.66. The predicted molar refractivity (Wildman–Crippen MR) is 122 cm³/mol. The van der Waals surface area contributed by atoms with Gasteiger partial charge in [-0.1, -0.05) is 43.6 Å². The van der Waals surface area contributed by atoms with Crippen LogP contribution >= 0.6 is 35.1 Å². The Morgan fingerprint density at radius 3 is 2.46 bits per heavy atom. The Balaban J connectivity index is 1.88. The van der Waals surface area contributed by atoms with Crippen molar-refractivity contribution in [2.45, 2.75) is 28.9 Å². The Labute approximate surface area is 178 Å². The number of benzene rings is 2. The van der Waals surface area contributed by atoms with Crippen molar-refractivity contribution >= 4 is 40.9 Å². The highest BCUT2D eigenvalue weighted by Crippen LogP contribution is 2.37. The summed E-state index contributed by atoms with van der Waals surface area (Å²) in [6.45, 7) is 4.33. The molecule has 0 saturated carbocycles. The topological polar surface area (TPSA) is 30.2 Å². The summed E-state index contributed by atoms with van der Waals surface area (Å²) >= 11 is 10.1. The van der Waals surface area contributed by atoms with E-state index >= 15 is 0 Å². The van der Waals surface area contributed by atoms with Crippen LogP contribution in [0.15, 0.2) is 70.7 Å². The van der Waals surface area contributed by atoms with E-state index in [-0.39, 0.29) is 0 Å². The van der Waals surface area contributed by atoms with Gasteiger partial charge in [-0.05, 0) is 36.6 Å². The lowest BCUT2D eigenvalue weighted by Gasteiger charge is -2.10. The molecule has 4 rings (SSSR count). The van der Waals surface area contributed by atoms with Gasteiger partial charge in [-0.2, -0.15) is 0 Å². The van der Waals surface area contributed by atoms with Gasteiger partial charge in [0.1, 0.15) is 0 Å². The number of hydrogen-bond acceptors (Lipinski definition) is 4. The third-order valence-electron chi connectivity index (χ3n) is 4.34. The van der Waals surface area contributed by atoms with E-state index in [1.165, 1.54) is 4.90 Å². The molecule has 142 valence electrons. The lowest BCUT2D eigenvalue weighted by atomic mass is 10.0. The van der Waals surface area contributed by atoms with Crippen molar-refractivity contribution in [3.8, 4) is 22.5 Å². The number of rotatable bonds is 5. The molecule has 2 aromatic carbocycles. The van der Waals surface area contributed by atoms with Gasteiger partial charge in [0.25, 0.3) is 0 Å². The summed E-state index contributed by atoms with van der Waals surface area (Å²) < 4.78 is 2.04. The second-order valence-electron chi connectivity index (χ2n) is 6.64. The van der Waals surface area contributed by atoms with Gasteiger partial charge in [-0.15, -0.1) is 23.5 Å². The summed E-state index contributed by atoms with van der Waals surface area (Å²) in [6.07, 6.45) is 5.85. The Morgan fingerprint density at radius 1 is 1.04 bits per heavy atom. The van der Waals surface area contributed by atoms with Crippen LogP contribution in [0.4, 0.5) is 0 Å². The molecular formula is C22H20ClN3S2. The summed E-state index contributed by atoms with van der Waals surface area (Å²) in [7, 11) is 0. The molecule has 0 bridgehead atoms. The normalized spacial score (nSPS) is 11.5. The first kappa shape index (κ1) is 19.4. The molecule has 0 saturated heterocycles. The maximum absolute atomic E-state index is 6.59. The number of aromatic nitrogens is 3. The first-order valence-corrected chi connectivity index (χ1v) is 11.5. The van der Waals surface area contributed by atoms with Gasteiger partial charge in [-0.25, -0.2) is 9.97 Å². The van der Waals surface area contributed by atoms with Crippen LogP contribution in [0.25, 0.3) is 28.3 Å². The molecule has 0 aliphatic rings. The fraction of sp³-hybridized carbons (Fsp3) is 0.182. The number of hydrogen-bond donors (Lipinski definition) is 0. The van der Waals surface area contributed by atoms with Crippen LogP contribution in [-0.4, -0.2) is 25.9 Å². The van der Waals surface area contributed by atoms with E-state index in [2.05, 4.69) is 61.5 Å². The van der Waals surface area contributed by atoms with Crippen LogP contribution in [0.1, 0.15) is 13.8 Å². The lowest BCUT2D eigenvalue weighted by Crippen LogP contribution is -1.91. The van der Waals surface area contributed by atoms with Crippen molar-refractivity contribution in [1.82, 2.24) is 14.4 Å². The van der Waals surface area contributed by atoms with E-state index in [1.807, 2.05) is 22.7 Å². The Morgan fingerprint density at radius 2 is 1.79 bits per heavy atom. The lowest BCUT2D eigenvalue weighted by molar-refractivity contribution is 1.11. The average molecular weight is 426 g/mol. The predicted octanol–water partition coefficient (Wildman–Crippen LogP) is 6.94. The number of halogens is 1. The average Bonchev–Trinajstić information content (AvgIpc) is 3.09. The van der Waals surface area contributed by atoms with Crippen molar-refractivity contribution in [2.24, 2.45) is 0 Å². The maximum Gasteiger partial charge on any atom is 0.234 e. The Hall–Kier alpha value is -1.95. The first-order chi connectivity index (χ1) is 13.6. The van der Waals surface area contributed by atoms with Crippen molar-refractivity contribution in [3.63, 3.8) is 0 Å². The largest absolute Gasteiger partial charge is 0.283 e. The summed E-state index contributed by atoms with van der Waals surface area (Å²) in [5.41, 5.74) is 4.01. The van der Waals surface area contributed by atoms with E-state index in [4.69, 9.17) is 16.6 Å². The highest BCUT2D eigenvalue weighted by atomic mass is 35.5. The number of nitrogens with zero attached hydrogens (tertiary/aromatic N) is 3. The second kappa shape index (κ2) is 8.19. The molecule has 0 N–H and O–H groups in total. The molecule has 0 amide bonds. The van der Waals surface area contributed by atoms with Crippen LogP contribution < -0.4 is 0 Å². The number of fused-ring (bicyclic) bond motifs is 1. The fourth-order valence-electron chi connectivity index (χ4n) is 3.11. The first-order valence-electron chi connectivity index (χ1n) is 9.01. The maximum atomic E-state index is 6.59. The van der Waals surface area contributed by atoms with Crippen LogP contribution in [0.5, 0.6) is 0 Å². The minimum Gasteiger partial charge on any atom is -0.283 e. The van der Waals surface area contributed by atoms with Crippen molar-refractivity contribution in [3.05, 3.63) is 65.9 Å². The number of thioether (sulfide) groups is 2. The summed E-state index contributed by atoms with van der Waals surface area (Å²) in [4.78, 5) is 11.6.